The Morgan fingerprint density at radius 2 is 2.08 bits per heavy atom. The quantitative estimate of drug-likeness (QED) is 0.630. The third kappa shape index (κ3) is 1.48. The highest BCUT2D eigenvalue weighted by atomic mass is 15.1. The maximum atomic E-state index is 8.60. The van der Waals surface area contributed by atoms with Gasteiger partial charge in [-0.2, -0.15) is 5.26 Å². The van der Waals surface area contributed by atoms with Gasteiger partial charge in [0.2, 0.25) is 0 Å². The molecular formula is C9H11N3. The molecule has 0 aliphatic carbocycles. The third-order valence-corrected chi connectivity index (χ3v) is 1.67. The Balaban J connectivity index is 3.12. The molecule has 1 aromatic carbocycles. The van der Waals surface area contributed by atoms with Gasteiger partial charge < -0.3 is 10.6 Å². The molecule has 1 rings (SSSR count). The molecule has 0 aliphatic heterocycles. The fourth-order valence-corrected chi connectivity index (χ4v) is 0.930. The van der Waals surface area contributed by atoms with Crippen LogP contribution >= 0.6 is 0 Å². The molecule has 1 aromatic rings. The normalized spacial score (nSPS) is 9.08. The van der Waals surface area contributed by atoms with Crippen molar-refractivity contribution in [3.8, 4) is 6.07 Å². The maximum Gasteiger partial charge on any atom is 0.101 e. The second-order valence-corrected chi connectivity index (χ2v) is 2.78. The molecule has 0 heterocycles. The predicted octanol–water partition coefficient (Wildman–Crippen LogP) is 1.21. The number of nitrogens with two attached hydrogens (primary N) is 1. The molecule has 0 atom stereocenters. The fourth-order valence-electron chi connectivity index (χ4n) is 0.930. The highest BCUT2D eigenvalue weighted by Gasteiger charge is 2.00. The number of rotatable bonds is 1. The summed E-state index contributed by atoms with van der Waals surface area (Å²) in [6.07, 6.45) is 0. The van der Waals surface area contributed by atoms with Gasteiger partial charge in [0, 0.05) is 19.8 Å². The summed E-state index contributed by atoms with van der Waals surface area (Å²) in [5, 5.41) is 8.60. The maximum absolute atomic E-state index is 8.60. The zero-order valence-electron chi connectivity index (χ0n) is 7.20. The van der Waals surface area contributed by atoms with E-state index in [1.807, 2.05) is 31.1 Å². The molecule has 0 saturated carbocycles. The van der Waals surface area contributed by atoms with Crippen LogP contribution in [0.4, 0.5) is 11.4 Å². The lowest BCUT2D eigenvalue weighted by molar-refractivity contribution is 1.13. The SMILES string of the molecule is CN(C)c1ccc(C#N)c(N)c1. The van der Waals surface area contributed by atoms with Gasteiger partial charge in [-0.15, -0.1) is 0 Å². The van der Waals surface area contributed by atoms with Crippen molar-refractivity contribution in [1.29, 1.82) is 5.26 Å². The molecule has 0 unspecified atom stereocenters. The lowest BCUT2D eigenvalue weighted by Crippen LogP contribution is -2.09. The van der Waals surface area contributed by atoms with E-state index in [1.54, 1.807) is 12.1 Å². The van der Waals surface area contributed by atoms with Crippen molar-refractivity contribution in [2.24, 2.45) is 0 Å². The molecule has 12 heavy (non-hydrogen) atoms. The summed E-state index contributed by atoms with van der Waals surface area (Å²) in [6.45, 7) is 0. The van der Waals surface area contributed by atoms with Gasteiger partial charge in [0.05, 0.1) is 11.3 Å². The van der Waals surface area contributed by atoms with Crippen LogP contribution in [0.25, 0.3) is 0 Å². The summed E-state index contributed by atoms with van der Waals surface area (Å²) in [4.78, 5) is 1.94. The molecule has 3 nitrogen and oxygen atoms in total. The minimum atomic E-state index is 0.528. The first-order valence-electron chi connectivity index (χ1n) is 3.62. The number of benzene rings is 1. The molecule has 0 saturated heterocycles. The first-order chi connectivity index (χ1) is 5.65. The van der Waals surface area contributed by atoms with Gasteiger partial charge in [0.1, 0.15) is 6.07 Å². The van der Waals surface area contributed by atoms with Gasteiger partial charge in [-0.3, -0.25) is 0 Å². The number of nitrogens with zero attached hydrogens (tertiary/aromatic N) is 2. The highest BCUT2D eigenvalue weighted by Crippen LogP contribution is 2.18. The summed E-state index contributed by atoms with van der Waals surface area (Å²) in [6, 6.07) is 7.40. The number of hydrogen-bond donors (Lipinski definition) is 1. The van der Waals surface area contributed by atoms with E-state index in [1.165, 1.54) is 0 Å². The van der Waals surface area contributed by atoms with Gasteiger partial charge >= 0.3 is 0 Å². The minimum Gasteiger partial charge on any atom is -0.398 e. The van der Waals surface area contributed by atoms with Crippen molar-refractivity contribution in [3.05, 3.63) is 23.8 Å². The van der Waals surface area contributed by atoms with Gasteiger partial charge in [0.25, 0.3) is 0 Å². The summed E-state index contributed by atoms with van der Waals surface area (Å²) in [5.41, 5.74) is 7.69. The van der Waals surface area contributed by atoms with Crippen LogP contribution in [0, 0.1) is 11.3 Å². The summed E-state index contributed by atoms with van der Waals surface area (Å²) >= 11 is 0. The molecule has 0 spiro atoms. The zero-order chi connectivity index (χ0) is 9.14. The van der Waals surface area contributed by atoms with E-state index in [2.05, 4.69) is 0 Å². The van der Waals surface area contributed by atoms with Crippen LogP contribution < -0.4 is 10.6 Å². The topological polar surface area (TPSA) is 53.0 Å². The van der Waals surface area contributed by atoms with Crippen LogP contribution in [0.2, 0.25) is 0 Å². The Labute approximate surface area is 72.0 Å². The first-order valence-corrected chi connectivity index (χ1v) is 3.62. The number of nitrogen functional groups attached to an aromatic ring is 1. The van der Waals surface area contributed by atoms with Crippen molar-refractivity contribution >= 4 is 11.4 Å². The smallest absolute Gasteiger partial charge is 0.101 e. The van der Waals surface area contributed by atoms with Crippen molar-refractivity contribution < 1.29 is 0 Å². The minimum absolute atomic E-state index is 0.528. The average molecular weight is 161 g/mol. The molecule has 0 aliphatic rings. The highest BCUT2D eigenvalue weighted by molar-refractivity contribution is 5.63. The molecule has 62 valence electrons. The van der Waals surface area contributed by atoms with E-state index in [0.717, 1.165) is 5.69 Å². The van der Waals surface area contributed by atoms with Crippen LogP contribution in [0.15, 0.2) is 18.2 Å². The molecule has 0 radical (unpaired) electrons. The Bertz CT molecular complexity index is 323. The standard InChI is InChI=1S/C9H11N3/c1-12(2)8-4-3-7(6-10)9(11)5-8/h3-5H,11H2,1-2H3. The van der Waals surface area contributed by atoms with Crippen molar-refractivity contribution in [1.82, 2.24) is 0 Å². The van der Waals surface area contributed by atoms with Gasteiger partial charge in [-0.05, 0) is 18.2 Å². The molecule has 3 heteroatoms. The van der Waals surface area contributed by atoms with E-state index >= 15 is 0 Å². The lowest BCUT2D eigenvalue weighted by Gasteiger charge is -2.12. The van der Waals surface area contributed by atoms with Crippen LogP contribution in [-0.2, 0) is 0 Å². The predicted molar refractivity (Wildman–Crippen MR) is 49.9 cm³/mol. The third-order valence-electron chi connectivity index (χ3n) is 1.67. The number of nitriles is 1. The van der Waals surface area contributed by atoms with E-state index in [4.69, 9.17) is 11.0 Å². The molecule has 0 fully saturated rings. The summed E-state index contributed by atoms with van der Waals surface area (Å²) < 4.78 is 0. The Kier molecular flexibility index (Phi) is 2.20. The Morgan fingerprint density at radius 1 is 1.42 bits per heavy atom. The average Bonchev–Trinajstić information content (AvgIpc) is 2.04. The summed E-state index contributed by atoms with van der Waals surface area (Å²) in [7, 11) is 3.86. The van der Waals surface area contributed by atoms with Crippen molar-refractivity contribution in [2.75, 3.05) is 24.7 Å². The lowest BCUT2D eigenvalue weighted by atomic mass is 10.2. The fraction of sp³-hybridized carbons (Fsp3) is 0.222. The van der Waals surface area contributed by atoms with Gasteiger partial charge in [-0.1, -0.05) is 0 Å². The molecular weight excluding hydrogens is 150 g/mol. The van der Waals surface area contributed by atoms with E-state index < -0.39 is 0 Å². The largest absolute Gasteiger partial charge is 0.398 e. The van der Waals surface area contributed by atoms with Crippen molar-refractivity contribution in [3.63, 3.8) is 0 Å². The van der Waals surface area contributed by atoms with Crippen LogP contribution in [0.1, 0.15) is 5.56 Å². The monoisotopic (exact) mass is 161 g/mol. The van der Waals surface area contributed by atoms with Crippen LogP contribution in [0.5, 0.6) is 0 Å². The van der Waals surface area contributed by atoms with Gasteiger partial charge in [0.15, 0.2) is 0 Å². The summed E-state index contributed by atoms with van der Waals surface area (Å²) in [5.74, 6) is 0. The van der Waals surface area contributed by atoms with Crippen molar-refractivity contribution in [2.45, 2.75) is 0 Å². The van der Waals surface area contributed by atoms with Crippen LogP contribution in [0.3, 0.4) is 0 Å². The molecule has 0 bridgehead atoms. The van der Waals surface area contributed by atoms with E-state index in [0.29, 0.717) is 11.3 Å². The van der Waals surface area contributed by atoms with Gasteiger partial charge in [-0.25, -0.2) is 0 Å². The Hall–Kier alpha value is -1.69. The molecule has 0 aromatic heterocycles. The molecule has 0 amide bonds. The number of hydrogen-bond acceptors (Lipinski definition) is 3. The zero-order valence-corrected chi connectivity index (χ0v) is 7.20. The first kappa shape index (κ1) is 8.41. The Morgan fingerprint density at radius 3 is 2.50 bits per heavy atom. The van der Waals surface area contributed by atoms with E-state index in [9.17, 15) is 0 Å². The number of anilines is 2. The van der Waals surface area contributed by atoms with Crippen LogP contribution in [-0.4, -0.2) is 14.1 Å². The van der Waals surface area contributed by atoms with E-state index in [-0.39, 0.29) is 0 Å². The second-order valence-electron chi connectivity index (χ2n) is 2.78. The molecule has 2 N–H and O–H groups in total. The second kappa shape index (κ2) is 3.14.